The smallest absolute Gasteiger partial charge is 0.405 e. The fourth-order valence-electron chi connectivity index (χ4n) is 1.67. The van der Waals surface area contributed by atoms with E-state index in [1.54, 1.807) is 0 Å². The SMILES string of the molecule is CC(C)(C)C(NC(=O)O)c1ccc(F)c(N)c1. The monoisotopic (exact) mass is 240 g/mol. The highest BCUT2D eigenvalue weighted by Gasteiger charge is 2.28. The van der Waals surface area contributed by atoms with Crippen molar-refractivity contribution in [2.75, 3.05) is 5.73 Å². The summed E-state index contributed by atoms with van der Waals surface area (Å²) in [6, 6.07) is 3.80. The number of hydrogen-bond acceptors (Lipinski definition) is 2. The highest BCUT2D eigenvalue weighted by molar-refractivity contribution is 5.65. The maximum absolute atomic E-state index is 13.1. The van der Waals surface area contributed by atoms with E-state index in [1.165, 1.54) is 18.2 Å². The second kappa shape index (κ2) is 4.61. The third-order valence-electron chi connectivity index (χ3n) is 2.49. The molecule has 1 aromatic rings. The van der Waals surface area contributed by atoms with Gasteiger partial charge in [-0.3, -0.25) is 0 Å². The molecule has 0 saturated heterocycles. The number of nitrogens with two attached hydrogens (primary N) is 1. The van der Waals surface area contributed by atoms with Gasteiger partial charge in [0, 0.05) is 0 Å². The molecule has 0 aliphatic rings. The van der Waals surface area contributed by atoms with Crippen molar-refractivity contribution in [3.05, 3.63) is 29.6 Å². The number of nitrogens with one attached hydrogen (secondary N) is 1. The first-order valence-electron chi connectivity index (χ1n) is 5.26. The van der Waals surface area contributed by atoms with Gasteiger partial charge in [-0.05, 0) is 23.1 Å². The highest BCUT2D eigenvalue weighted by atomic mass is 19.1. The van der Waals surface area contributed by atoms with Crippen LogP contribution in [0.15, 0.2) is 18.2 Å². The van der Waals surface area contributed by atoms with E-state index in [0.29, 0.717) is 5.56 Å². The Balaban J connectivity index is 3.13. The second-order valence-corrected chi connectivity index (χ2v) is 5.03. The fraction of sp³-hybridized carbons (Fsp3) is 0.417. The van der Waals surface area contributed by atoms with E-state index in [9.17, 15) is 9.18 Å². The first-order valence-corrected chi connectivity index (χ1v) is 5.26. The average molecular weight is 240 g/mol. The Hall–Kier alpha value is -1.78. The molecule has 1 unspecified atom stereocenters. The van der Waals surface area contributed by atoms with Gasteiger partial charge in [0.25, 0.3) is 0 Å². The molecule has 0 aliphatic carbocycles. The van der Waals surface area contributed by atoms with Crippen molar-refractivity contribution in [3.8, 4) is 0 Å². The van der Waals surface area contributed by atoms with Crippen LogP contribution in [0.3, 0.4) is 0 Å². The van der Waals surface area contributed by atoms with Gasteiger partial charge in [-0.15, -0.1) is 0 Å². The zero-order valence-electron chi connectivity index (χ0n) is 10.1. The van der Waals surface area contributed by atoms with Crippen molar-refractivity contribution in [2.24, 2.45) is 5.41 Å². The van der Waals surface area contributed by atoms with Crippen LogP contribution in [0.4, 0.5) is 14.9 Å². The number of hydrogen-bond donors (Lipinski definition) is 3. The van der Waals surface area contributed by atoms with Crippen LogP contribution in [-0.4, -0.2) is 11.2 Å². The molecule has 1 amide bonds. The molecule has 0 aliphatic heterocycles. The summed E-state index contributed by atoms with van der Waals surface area (Å²) in [7, 11) is 0. The largest absolute Gasteiger partial charge is 0.465 e. The Labute approximate surface area is 99.6 Å². The molecule has 4 N–H and O–H groups in total. The van der Waals surface area contributed by atoms with Gasteiger partial charge in [0.2, 0.25) is 0 Å². The third kappa shape index (κ3) is 3.34. The van der Waals surface area contributed by atoms with Gasteiger partial charge >= 0.3 is 6.09 Å². The van der Waals surface area contributed by atoms with E-state index in [1.807, 2.05) is 20.8 Å². The molecule has 5 heteroatoms. The lowest BCUT2D eigenvalue weighted by molar-refractivity contribution is 0.175. The van der Waals surface area contributed by atoms with Crippen LogP contribution in [-0.2, 0) is 0 Å². The highest BCUT2D eigenvalue weighted by Crippen LogP contribution is 2.33. The summed E-state index contributed by atoms with van der Waals surface area (Å²) in [6.45, 7) is 5.69. The quantitative estimate of drug-likeness (QED) is 0.696. The molecule has 0 saturated carbocycles. The maximum Gasteiger partial charge on any atom is 0.405 e. The normalized spacial score (nSPS) is 13.2. The van der Waals surface area contributed by atoms with E-state index in [2.05, 4.69) is 5.32 Å². The number of carbonyl (C=O) groups is 1. The van der Waals surface area contributed by atoms with Gasteiger partial charge in [0.1, 0.15) is 5.82 Å². The second-order valence-electron chi connectivity index (χ2n) is 5.03. The lowest BCUT2D eigenvalue weighted by Gasteiger charge is -2.31. The number of anilines is 1. The first-order chi connectivity index (χ1) is 7.71. The number of nitrogen functional groups attached to an aromatic ring is 1. The fourth-order valence-corrected chi connectivity index (χ4v) is 1.67. The van der Waals surface area contributed by atoms with Crippen molar-refractivity contribution in [1.29, 1.82) is 0 Å². The molecule has 4 nitrogen and oxygen atoms in total. The van der Waals surface area contributed by atoms with Crippen LogP contribution < -0.4 is 11.1 Å². The molecule has 0 aromatic heterocycles. The van der Waals surface area contributed by atoms with Crippen molar-refractivity contribution in [2.45, 2.75) is 26.8 Å². The van der Waals surface area contributed by atoms with E-state index in [0.717, 1.165) is 0 Å². The van der Waals surface area contributed by atoms with Gasteiger partial charge < -0.3 is 16.2 Å². The summed E-state index contributed by atoms with van der Waals surface area (Å²) in [5, 5.41) is 11.2. The molecular weight excluding hydrogens is 223 g/mol. The molecule has 0 fully saturated rings. The summed E-state index contributed by atoms with van der Waals surface area (Å²) in [6.07, 6.45) is -1.12. The predicted octanol–water partition coefficient (Wildman–Crippen LogP) is 2.76. The molecular formula is C12H17FN2O2. The van der Waals surface area contributed by atoms with Gasteiger partial charge in [-0.2, -0.15) is 0 Å². The number of amides is 1. The minimum atomic E-state index is -1.12. The summed E-state index contributed by atoms with van der Waals surface area (Å²) < 4.78 is 13.1. The summed E-state index contributed by atoms with van der Waals surface area (Å²) in [5.41, 5.74) is 5.82. The predicted molar refractivity (Wildman–Crippen MR) is 64.2 cm³/mol. The van der Waals surface area contributed by atoms with Crippen LogP contribution in [0.25, 0.3) is 0 Å². The molecule has 1 atom stereocenters. The Morgan fingerprint density at radius 1 is 1.47 bits per heavy atom. The molecule has 0 bridgehead atoms. The standard InChI is InChI=1S/C12H17FN2O2/c1-12(2,3)10(15-11(16)17)7-4-5-8(13)9(14)6-7/h4-6,10,15H,14H2,1-3H3,(H,16,17). The number of rotatable bonds is 2. The van der Waals surface area contributed by atoms with Crippen molar-refractivity contribution in [1.82, 2.24) is 5.32 Å². The molecule has 0 heterocycles. The Kier molecular flexibility index (Phi) is 3.60. The molecule has 0 spiro atoms. The molecule has 94 valence electrons. The van der Waals surface area contributed by atoms with Crippen LogP contribution in [0.2, 0.25) is 0 Å². The van der Waals surface area contributed by atoms with Crippen LogP contribution in [0.5, 0.6) is 0 Å². The minimum absolute atomic E-state index is 0.0175. The first kappa shape index (κ1) is 13.3. The van der Waals surface area contributed by atoms with Gasteiger partial charge in [0.15, 0.2) is 0 Å². The summed E-state index contributed by atoms with van der Waals surface area (Å²) in [5.74, 6) is -0.503. The number of carboxylic acid groups (broad SMARTS) is 1. The minimum Gasteiger partial charge on any atom is -0.465 e. The topological polar surface area (TPSA) is 75.3 Å². The third-order valence-corrected chi connectivity index (χ3v) is 2.49. The van der Waals surface area contributed by atoms with Crippen molar-refractivity contribution >= 4 is 11.8 Å². The van der Waals surface area contributed by atoms with E-state index >= 15 is 0 Å². The Bertz CT molecular complexity index is 427. The van der Waals surface area contributed by atoms with Crippen molar-refractivity contribution < 1.29 is 14.3 Å². The average Bonchev–Trinajstić information content (AvgIpc) is 2.17. The summed E-state index contributed by atoms with van der Waals surface area (Å²) >= 11 is 0. The zero-order valence-corrected chi connectivity index (χ0v) is 10.1. The maximum atomic E-state index is 13.1. The number of halogens is 1. The zero-order chi connectivity index (χ0) is 13.2. The van der Waals surface area contributed by atoms with Crippen molar-refractivity contribution in [3.63, 3.8) is 0 Å². The van der Waals surface area contributed by atoms with Gasteiger partial charge in [0.05, 0.1) is 11.7 Å². The van der Waals surface area contributed by atoms with Gasteiger partial charge in [-0.25, -0.2) is 9.18 Å². The van der Waals surface area contributed by atoms with Crippen LogP contribution in [0, 0.1) is 11.2 Å². The molecule has 17 heavy (non-hydrogen) atoms. The lowest BCUT2D eigenvalue weighted by atomic mass is 9.82. The van der Waals surface area contributed by atoms with Gasteiger partial charge in [-0.1, -0.05) is 26.8 Å². The number of benzene rings is 1. The van der Waals surface area contributed by atoms with E-state index < -0.39 is 18.0 Å². The van der Waals surface area contributed by atoms with E-state index in [4.69, 9.17) is 10.8 Å². The summed E-state index contributed by atoms with van der Waals surface area (Å²) in [4.78, 5) is 10.8. The Morgan fingerprint density at radius 3 is 2.47 bits per heavy atom. The van der Waals surface area contributed by atoms with E-state index in [-0.39, 0.29) is 11.1 Å². The molecule has 1 aromatic carbocycles. The lowest BCUT2D eigenvalue weighted by Crippen LogP contribution is -2.35. The van der Waals surface area contributed by atoms with Crippen LogP contribution in [0.1, 0.15) is 32.4 Å². The Morgan fingerprint density at radius 2 is 2.06 bits per heavy atom. The van der Waals surface area contributed by atoms with Crippen LogP contribution >= 0.6 is 0 Å². The molecule has 0 radical (unpaired) electrons. The molecule has 1 rings (SSSR count).